The second kappa shape index (κ2) is 4.53. The van der Waals surface area contributed by atoms with Gasteiger partial charge < -0.3 is 14.9 Å². The van der Waals surface area contributed by atoms with E-state index in [-0.39, 0.29) is 11.5 Å². The maximum Gasteiger partial charge on any atom is 0.202 e. The van der Waals surface area contributed by atoms with E-state index in [0.29, 0.717) is 0 Å². The highest BCUT2D eigenvalue weighted by atomic mass is 16.5. The number of methoxy groups -OCH3 is 1. The average Bonchev–Trinajstić information content (AvgIpc) is 2.85. The van der Waals surface area contributed by atoms with Gasteiger partial charge in [-0.05, 0) is 31.9 Å². The van der Waals surface area contributed by atoms with Crippen LogP contribution in [-0.2, 0) is 5.41 Å². The minimum atomic E-state index is -0.148. The summed E-state index contributed by atoms with van der Waals surface area (Å²) in [6.45, 7) is 2.17. The molecule has 2 atom stereocenters. The van der Waals surface area contributed by atoms with Crippen molar-refractivity contribution in [3.8, 4) is 5.75 Å². The van der Waals surface area contributed by atoms with Crippen LogP contribution in [0.1, 0.15) is 38.5 Å². The van der Waals surface area contributed by atoms with Crippen LogP contribution >= 0.6 is 0 Å². The molecular formula is C15H20N2O2. The molecule has 102 valence electrons. The van der Waals surface area contributed by atoms with Gasteiger partial charge in [-0.25, -0.2) is 4.98 Å². The molecule has 2 aromatic rings. The van der Waals surface area contributed by atoms with E-state index in [4.69, 9.17) is 14.9 Å². The van der Waals surface area contributed by atoms with E-state index in [1.807, 2.05) is 18.2 Å². The Morgan fingerprint density at radius 3 is 3.00 bits per heavy atom. The number of nitrogens with two attached hydrogens (primary N) is 1. The van der Waals surface area contributed by atoms with Gasteiger partial charge in [-0.2, -0.15) is 0 Å². The number of aromatic nitrogens is 1. The van der Waals surface area contributed by atoms with Gasteiger partial charge in [0.05, 0.1) is 12.5 Å². The van der Waals surface area contributed by atoms with E-state index >= 15 is 0 Å². The lowest BCUT2D eigenvalue weighted by Gasteiger charge is -2.36. The summed E-state index contributed by atoms with van der Waals surface area (Å²) in [6, 6.07) is 5.82. The van der Waals surface area contributed by atoms with Crippen molar-refractivity contribution >= 4 is 11.1 Å². The number of fused-ring (bicyclic) bond motifs is 1. The summed E-state index contributed by atoms with van der Waals surface area (Å²) in [4.78, 5) is 4.64. The van der Waals surface area contributed by atoms with Crippen LogP contribution in [0, 0.1) is 0 Å². The van der Waals surface area contributed by atoms with Crippen LogP contribution in [0.4, 0.5) is 0 Å². The average molecular weight is 260 g/mol. The van der Waals surface area contributed by atoms with Crippen LogP contribution in [0.15, 0.2) is 22.6 Å². The minimum absolute atomic E-state index is 0.121. The number of nitrogens with zero attached hydrogens (tertiary/aromatic N) is 1. The molecule has 1 aromatic carbocycles. The number of rotatable bonds is 2. The van der Waals surface area contributed by atoms with E-state index in [0.717, 1.165) is 35.6 Å². The molecule has 2 unspecified atom stereocenters. The molecule has 1 saturated carbocycles. The van der Waals surface area contributed by atoms with Crippen LogP contribution in [0.2, 0.25) is 0 Å². The monoisotopic (exact) mass is 260 g/mol. The number of benzene rings is 1. The quantitative estimate of drug-likeness (QED) is 0.901. The molecule has 1 fully saturated rings. The molecule has 4 heteroatoms. The zero-order chi connectivity index (χ0) is 13.5. The lowest BCUT2D eigenvalue weighted by atomic mass is 9.72. The summed E-state index contributed by atoms with van der Waals surface area (Å²) in [7, 11) is 1.65. The Morgan fingerprint density at radius 2 is 2.26 bits per heavy atom. The molecule has 4 nitrogen and oxygen atoms in total. The Bertz CT molecular complexity index is 593. The van der Waals surface area contributed by atoms with Crippen molar-refractivity contribution < 1.29 is 9.15 Å². The van der Waals surface area contributed by atoms with Gasteiger partial charge in [0.1, 0.15) is 11.3 Å². The predicted molar refractivity (Wildman–Crippen MR) is 74.4 cm³/mol. The first-order valence-corrected chi connectivity index (χ1v) is 6.84. The highest BCUT2D eigenvalue weighted by molar-refractivity contribution is 5.74. The third-order valence-electron chi connectivity index (χ3n) is 4.36. The van der Waals surface area contributed by atoms with E-state index in [2.05, 4.69) is 11.9 Å². The third kappa shape index (κ3) is 2.00. The standard InChI is InChI=1S/C15H20N2O2/c1-15(8-4-3-5-13(15)16)14-17-11-9-10(18-2)6-7-12(11)19-14/h6-7,9,13H,3-5,8,16H2,1-2H3. The molecule has 1 aliphatic rings. The zero-order valence-corrected chi connectivity index (χ0v) is 11.5. The summed E-state index contributed by atoms with van der Waals surface area (Å²) in [5.74, 6) is 1.56. The fourth-order valence-electron chi connectivity index (χ4n) is 2.90. The molecule has 0 amide bonds. The summed E-state index contributed by atoms with van der Waals surface area (Å²) in [6.07, 6.45) is 4.47. The van der Waals surface area contributed by atoms with Crippen LogP contribution < -0.4 is 10.5 Å². The van der Waals surface area contributed by atoms with Crippen LogP contribution in [0.25, 0.3) is 11.1 Å². The second-order valence-corrected chi connectivity index (χ2v) is 5.62. The van der Waals surface area contributed by atoms with E-state index < -0.39 is 0 Å². The molecule has 0 bridgehead atoms. The van der Waals surface area contributed by atoms with Gasteiger partial charge in [0.15, 0.2) is 5.58 Å². The molecule has 1 heterocycles. The smallest absolute Gasteiger partial charge is 0.202 e. The molecule has 0 spiro atoms. The minimum Gasteiger partial charge on any atom is -0.497 e. The van der Waals surface area contributed by atoms with Gasteiger partial charge in [-0.3, -0.25) is 0 Å². The molecule has 0 radical (unpaired) electrons. The van der Waals surface area contributed by atoms with Gasteiger partial charge in [-0.1, -0.05) is 12.8 Å². The highest BCUT2D eigenvalue weighted by Crippen LogP contribution is 2.39. The van der Waals surface area contributed by atoms with Crippen molar-refractivity contribution in [1.82, 2.24) is 4.98 Å². The van der Waals surface area contributed by atoms with Crippen molar-refractivity contribution in [1.29, 1.82) is 0 Å². The van der Waals surface area contributed by atoms with Crippen molar-refractivity contribution in [3.63, 3.8) is 0 Å². The topological polar surface area (TPSA) is 61.3 Å². The van der Waals surface area contributed by atoms with Crippen molar-refractivity contribution in [2.24, 2.45) is 5.73 Å². The molecule has 2 N–H and O–H groups in total. The summed E-state index contributed by atoms with van der Waals surface area (Å²) < 4.78 is 11.2. The van der Waals surface area contributed by atoms with Crippen molar-refractivity contribution in [2.45, 2.75) is 44.1 Å². The Kier molecular flexibility index (Phi) is 2.97. The lowest BCUT2D eigenvalue weighted by Crippen LogP contribution is -2.45. The fourth-order valence-corrected chi connectivity index (χ4v) is 2.90. The maximum atomic E-state index is 6.30. The first-order chi connectivity index (χ1) is 9.13. The fraction of sp³-hybridized carbons (Fsp3) is 0.533. The Hall–Kier alpha value is -1.55. The Balaban J connectivity index is 2.04. The number of ether oxygens (including phenoxy) is 1. The van der Waals surface area contributed by atoms with Gasteiger partial charge in [0.2, 0.25) is 5.89 Å². The number of oxazole rings is 1. The number of hydrogen-bond donors (Lipinski definition) is 1. The van der Waals surface area contributed by atoms with E-state index in [1.54, 1.807) is 7.11 Å². The van der Waals surface area contributed by atoms with Crippen LogP contribution in [0.3, 0.4) is 0 Å². The molecule has 1 aliphatic carbocycles. The number of hydrogen-bond acceptors (Lipinski definition) is 4. The normalized spacial score (nSPS) is 27.6. The summed E-state index contributed by atoms with van der Waals surface area (Å²) >= 11 is 0. The molecule has 19 heavy (non-hydrogen) atoms. The van der Waals surface area contributed by atoms with Crippen molar-refractivity contribution in [2.75, 3.05) is 7.11 Å². The Morgan fingerprint density at radius 1 is 1.42 bits per heavy atom. The maximum absolute atomic E-state index is 6.30. The van der Waals surface area contributed by atoms with Gasteiger partial charge in [0.25, 0.3) is 0 Å². The SMILES string of the molecule is COc1ccc2oc(C3(C)CCCCC3N)nc2c1. The second-order valence-electron chi connectivity index (χ2n) is 5.62. The van der Waals surface area contributed by atoms with Gasteiger partial charge in [-0.15, -0.1) is 0 Å². The zero-order valence-electron chi connectivity index (χ0n) is 11.5. The molecule has 0 saturated heterocycles. The first kappa shape index (κ1) is 12.5. The summed E-state index contributed by atoms with van der Waals surface area (Å²) in [5.41, 5.74) is 7.79. The van der Waals surface area contributed by atoms with Crippen LogP contribution in [0.5, 0.6) is 5.75 Å². The third-order valence-corrected chi connectivity index (χ3v) is 4.36. The largest absolute Gasteiger partial charge is 0.497 e. The van der Waals surface area contributed by atoms with Gasteiger partial charge >= 0.3 is 0 Å². The van der Waals surface area contributed by atoms with Gasteiger partial charge in [0, 0.05) is 12.1 Å². The van der Waals surface area contributed by atoms with Crippen LogP contribution in [-0.4, -0.2) is 18.1 Å². The van der Waals surface area contributed by atoms with E-state index in [9.17, 15) is 0 Å². The molecule has 0 aliphatic heterocycles. The first-order valence-electron chi connectivity index (χ1n) is 6.84. The molecule has 3 rings (SSSR count). The molecule has 1 aromatic heterocycles. The lowest BCUT2D eigenvalue weighted by molar-refractivity contribution is 0.226. The predicted octanol–water partition coefficient (Wildman–Crippen LogP) is 3.00. The molecular weight excluding hydrogens is 240 g/mol. The summed E-state index contributed by atoms with van der Waals surface area (Å²) in [5, 5.41) is 0. The highest BCUT2D eigenvalue weighted by Gasteiger charge is 2.40. The van der Waals surface area contributed by atoms with E-state index in [1.165, 1.54) is 12.8 Å². The van der Waals surface area contributed by atoms with Crippen molar-refractivity contribution in [3.05, 3.63) is 24.1 Å². The Labute approximate surface area is 112 Å².